The van der Waals surface area contributed by atoms with Crippen molar-refractivity contribution in [2.24, 2.45) is 0 Å². The minimum Gasteiger partial charge on any atom is -0.504 e. The molecule has 2 rings (SSSR count). The third-order valence-corrected chi connectivity index (χ3v) is 4.40. The molecule has 5 heteroatoms. The summed E-state index contributed by atoms with van der Waals surface area (Å²) < 4.78 is 10.7. The molecule has 2 aromatic rings. The predicted octanol–water partition coefficient (Wildman–Crippen LogP) is 3.95. The number of aldehydes is 1. The molecule has 134 valence electrons. The van der Waals surface area contributed by atoms with Crippen LogP contribution in [-0.4, -0.2) is 30.7 Å². The van der Waals surface area contributed by atoms with Gasteiger partial charge in [0, 0.05) is 23.6 Å². The fourth-order valence-corrected chi connectivity index (χ4v) is 2.94. The minimum absolute atomic E-state index is 0.00390. The highest BCUT2D eigenvalue weighted by atomic mass is 16.5. The first-order valence-corrected chi connectivity index (χ1v) is 8.08. The van der Waals surface area contributed by atoms with Crippen molar-refractivity contribution in [3.8, 4) is 23.0 Å². The Labute approximate surface area is 147 Å². The van der Waals surface area contributed by atoms with Crippen molar-refractivity contribution >= 4 is 6.29 Å². The zero-order valence-electron chi connectivity index (χ0n) is 15.2. The Morgan fingerprint density at radius 3 is 2.28 bits per heavy atom. The average molecular weight is 344 g/mol. The number of carbonyl (C=O) groups excluding carboxylic acids is 1. The van der Waals surface area contributed by atoms with Gasteiger partial charge < -0.3 is 19.7 Å². The molecule has 0 amide bonds. The Morgan fingerprint density at radius 2 is 1.76 bits per heavy atom. The second-order valence-electron chi connectivity index (χ2n) is 6.31. The van der Waals surface area contributed by atoms with E-state index in [2.05, 4.69) is 0 Å². The molecule has 0 saturated carbocycles. The quantitative estimate of drug-likeness (QED) is 0.613. The topological polar surface area (TPSA) is 76.0 Å². The molecule has 0 aromatic heterocycles. The fourth-order valence-electron chi connectivity index (χ4n) is 2.94. The van der Waals surface area contributed by atoms with Crippen molar-refractivity contribution in [2.45, 2.75) is 33.1 Å². The average Bonchev–Trinajstić information content (AvgIpc) is 2.59. The van der Waals surface area contributed by atoms with Gasteiger partial charge in [-0.1, -0.05) is 19.9 Å². The second-order valence-corrected chi connectivity index (χ2v) is 6.31. The van der Waals surface area contributed by atoms with Crippen molar-refractivity contribution in [1.82, 2.24) is 0 Å². The van der Waals surface area contributed by atoms with Gasteiger partial charge in [0.2, 0.25) is 0 Å². The number of phenolic OH excluding ortho intramolecular Hbond substituents is 2. The standard InChI is InChI=1S/C20H24O5/c1-11(2)15-7-13(17(10-21)20(23)19(15)22)8-16-12(3)6-14(24-4)9-18(16)25-5/h6-7,9-11,22-23H,8H2,1-5H3. The molecule has 0 unspecified atom stereocenters. The van der Waals surface area contributed by atoms with Crippen molar-refractivity contribution in [1.29, 1.82) is 0 Å². The number of methoxy groups -OCH3 is 2. The first-order chi connectivity index (χ1) is 11.8. The van der Waals surface area contributed by atoms with Crippen LogP contribution in [0.15, 0.2) is 18.2 Å². The van der Waals surface area contributed by atoms with Crippen molar-refractivity contribution in [3.05, 3.63) is 46.0 Å². The summed E-state index contributed by atoms with van der Waals surface area (Å²) >= 11 is 0. The Morgan fingerprint density at radius 1 is 1.08 bits per heavy atom. The molecule has 0 radical (unpaired) electrons. The van der Waals surface area contributed by atoms with Gasteiger partial charge in [0.15, 0.2) is 17.8 Å². The van der Waals surface area contributed by atoms with Crippen molar-refractivity contribution in [2.75, 3.05) is 14.2 Å². The number of carbonyl (C=O) groups is 1. The van der Waals surface area contributed by atoms with Crippen LogP contribution in [0.5, 0.6) is 23.0 Å². The number of ether oxygens (including phenoxy) is 2. The van der Waals surface area contributed by atoms with E-state index in [1.54, 1.807) is 26.4 Å². The Balaban J connectivity index is 2.63. The Bertz CT molecular complexity index is 793. The van der Waals surface area contributed by atoms with Gasteiger partial charge in [-0.2, -0.15) is 0 Å². The largest absolute Gasteiger partial charge is 0.504 e. The van der Waals surface area contributed by atoms with Crippen LogP contribution in [0.4, 0.5) is 0 Å². The maximum atomic E-state index is 11.5. The van der Waals surface area contributed by atoms with Gasteiger partial charge in [-0.25, -0.2) is 0 Å². The molecule has 2 aromatic carbocycles. The zero-order chi connectivity index (χ0) is 18.7. The van der Waals surface area contributed by atoms with Gasteiger partial charge in [0.05, 0.1) is 19.8 Å². The molecule has 5 nitrogen and oxygen atoms in total. The Kier molecular flexibility index (Phi) is 5.57. The first-order valence-electron chi connectivity index (χ1n) is 8.08. The molecule has 2 N–H and O–H groups in total. The molecule has 0 fully saturated rings. The van der Waals surface area contributed by atoms with Crippen LogP contribution in [0, 0.1) is 6.92 Å². The second kappa shape index (κ2) is 7.47. The maximum Gasteiger partial charge on any atom is 0.168 e. The minimum atomic E-state index is -0.374. The molecular weight excluding hydrogens is 320 g/mol. The number of aryl methyl sites for hydroxylation is 1. The lowest BCUT2D eigenvalue weighted by Crippen LogP contribution is -2.03. The maximum absolute atomic E-state index is 11.5. The molecule has 0 spiro atoms. The van der Waals surface area contributed by atoms with E-state index < -0.39 is 0 Å². The van der Waals surface area contributed by atoms with E-state index in [-0.39, 0.29) is 23.0 Å². The SMILES string of the molecule is COc1cc(C)c(Cc2cc(C(C)C)c(O)c(O)c2C=O)c(OC)c1. The monoisotopic (exact) mass is 344 g/mol. The van der Waals surface area contributed by atoms with E-state index >= 15 is 0 Å². The first kappa shape index (κ1) is 18.6. The highest BCUT2D eigenvalue weighted by molar-refractivity contribution is 5.84. The van der Waals surface area contributed by atoms with Gasteiger partial charge in [-0.15, -0.1) is 0 Å². The summed E-state index contributed by atoms with van der Waals surface area (Å²) in [4.78, 5) is 11.5. The molecule has 0 aliphatic rings. The molecule has 0 saturated heterocycles. The smallest absolute Gasteiger partial charge is 0.168 e. The van der Waals surface area contributed by atoms with Gasteiger partial charge in [-0.3, -0.25) is 4.79 Å². The zero-order valence-corrected chi connectivity index (χ0v) is 15.2. The van der Waals surface area contributed by atoms with Crippen LogP contribution < -0.4 is 9.47 Å². The lowest BCUT2D eigenvalue weighted by molar-refractivity contribution is 0.111. The Hall–Kier alpha value is -2.69. The van der Waals surface area contributed by atoms with E-state index in [0.717, 1.165) is 11.1 Å². The third kappa shape index (κ3) is 3.55. The number of hydrogen-bond donors (Lipinski definition) is 2. The summed E-state index contributed by atoms with van der Waals surface area (Å²) in [5, 5.41) is 20.4. The summed E-state index contributed by atoms with van der Waals surface area (Å²) in [6.07, 6.45) is 0.959. The van der Waals surface area contributed by atoms with Crippen LogP contribution in [-0.2, 0) is 6.42 Å². The lowest BCUT2D eigenvalue weighted by Gasteiger charge is -2.18. The van der Waals surface area contributed by atoms with Crippen LogP contribution >= 0.6 is 0 Å². The van der Waals surface area contributed by atoms with E-state index in [1.807, 2.05) is 26.8 Å². The van der Waals surface area contributed by atoms with Crippen LogP contribution in [0.25, 0.3) is 0 Å². The van der Waals surface area contributed by atoms with E-state index in [0.29, 0.717) is 35.3 Å². The van der Waals surface area contributed by atoms with E-state index in [9.17, 15) is 15.0 Å². The molecule has 0 atom stereocenters. The summed E-state index contributed by atoms with van der Waals surface area (Å²) in [5.41, 5.74) is 3.18. The van der Waals surface area contributed by atoms with Gasteiger partial charge in [0.25, 0.3) is 0 Å². The van der Waals surface area contributed by atoms with Crippen molar-refractivity contribution < 1.29 is 24.5 Å². The van der Waals surface area contributed by atoms with E-state index in [4.69, 9.17) is 9.47 Å². The molecular formula is C20H24O5. The van der Waals surface area contributed by atoms with Crippen LogP contribution in [0.3, 0.4) is 0 Å². The number of benzene rings is 2. The van der Waals surface area contributed by atoms with Gasteiger partial charge >= 0.3 is 0 Å². The normalized spacial score (nSPS) is 10.8. The molecule has 0 aliphatic heterocycles. The number of phenols is 2. The summed E-state index contributed by atoms with van der Waals surface area (Å²) in [6.45, 7) is 5.76. The highest BCUT2D eigenvalue weighted by Gasteiger charge is 2.20. The van der Waals surface area contributed by atoms with Crippen molar-refractivity contribution in [3.63, 3.8) is 0 Å². The van der Waals surface area contributed by atoms with Crippen LogP contribution in [0.1, 0.15) is 52.4 Å². The third-order valence-electron chi connectivity index (χ3n) is 4.40. The summed E-state index contributed by atoms with van der Waals surface area (Å²) in [5.74, 6) is 0.724. The van der Waals surface area contributed by atoms with E-state index in [1.165, 1.54) is 0 Å². The lowest BCUT2D eigenvalue weighted by atomic mass is 9.90. The predicted molar refractivity (Wildman–Crippen MR) is 96.3 cm³/mol. The van der Waals surface area contributed by atoms with Crippen LogP contribution in [0.2, 0.25) is 0 Å². The number of aromatic hydroxyl groups is 2. The summed E-state index contributed by atoms with van der Waals surface area (Å²) in [7, 11) is 3.16. The molecule has 0 bridgehead atoms. The number of rotatable bonds is 6. The molecule has 25 heavy (non-hydrogen) atoms. The fraction of sp³-hybridized carbons (Fsp3) is 0.350. The highest BCUT2D eigenvalue weighted by Crippen LogP contribution is 2.40. The molecule has 0 aliphatic carbocycles. The number of hydrogen-bond acceptors (Lipinski definition) is 5. The van der Waals surface area contributed by atoms with Gasteiger partial charge in [0.1, 0.15) is 11.5 Å². The summed E-state index contributed by atoms with van der Waals surface area (Å²) in [6, 6.07) is 5.45. The van der Waals surface area contributed by atoms with Gasteiger partial charge in [-0.05, 0) is 30.0 Å². The molecule has 0 heterocycles.